The van der Waals surface area contributed by atoms with Gasteiger partial charge in [-0.2, -0.15) is 0 Å². The summed E-state index contributed by atoms with van der Waals surface area (Å²) in [6.07, 6.45) is 4.82. The molecule has 1 aromatic carbocycles. The van der Waals surface area contributed by atoms with Crippen LogP contribution in [-0.4, -0.2) is 47.0 Å². The molecular weight excluding hydrogens is 482 g/mol. The summed E-state index contributed by atoms with van der Waals surface area (Å²) >= 11 is 1.54. The van der Waals surface area contributed by atoms with Gasteiger partial charge in [-0.05, 0) is 103 Å². The zero-order chi connectivity index (χ0) is 26.7. The molecular formula is C29H39N5O2S. The van der Waals surface area contributed by atoms with E-state index in [1.54, 1.807) is 5.51 Å². The Morgan fingerprint density at radius 2 is 1.89 bits per heavy atom. The number of aryl methyl sites for hydroxylation is 2. The van der Waals surface area contributed by atoms with E-state index in [0.717, 1.165) is 33.8 Å². The van der Waals surface area contributed by atoms with Gasteiger partial charge in [-0.15, -0.1) is 11.3 Å². The highest BCUT2D eigenvalue weighted by Crippen LogP contribution is 2.33. The van der Waals surface area contributed by atoms with Crippen LogP contribution in [0.2, 0.25) is 0 Å². The standard InChI is InChI=1S/C29H39N5O2S/c1-17-11-18(2)32-29(36)25(17)14-30-28(35)24-12-22(27-15-37-16-31-27)13-26(19(24)3)33-20(4)21-7-9-23(10-8-21)34(5)6/h11-13,15-16,20-21,23,33H,7-10,14H2,1-6H3,(H,30,35)(H,32,36). The summed E-state index contributed by atoms with van der Waals surface area (Å²) in [7, 11) is 4.34. The molecule has 1 unspecified atom stereocenters. The first-order valence-electron chi connectivity index (χ1n) is 13.1. The molecule has 0 saturated heterocycles. The molecule has 0 bridgehead atoms. The van der Waals surface area contributed by atoms with Gasteiger partial charge in [0.15, 0.2) is 0 Å². The largest absolute Gasteiger partial charge is 0.382 e. The Labute approximate surface area is 223 Å². The molecule has 37 heavy (non-hydrogen) atoms. The average molecular weight is 522 g/mol. The van der Waals surface area contributed by atoms with Crippen molar-refractivity contribution in [3.63, 3.8) is 0 Å². The van der Waals surface area contributed by atoms with Crippen LogP contribution in [-0.2, 0) is 6.54 Å². The number of aromatic nitrogens is 2. The van der Waals surface area contributed by atoms with Crippen LogP contribution in [0.3, 0.4) is 0 Å². The SMILES string of the molecule is Cc1cc(C)c(CNC(=O)c2cc(-c3cscn3)cc(NC(C)C3CCC(N(C)C)CC3)c2C)c(=O)[nH]1. The number of nitrogens with one attached hydrogen (secondary N) is 3. The number of nitrogens with zero attached hydrogens (tertiary/aromatic N) is 2. The molecule has 1 aliphatic rings. The van der Waals surface area contributed by atoms with E-state index in [4.69, 9.17) is 0 Å². The molecule has 2 heterocycles. The first-order valence-corrected chi connectivity index (χ1v) is 14.0. The van der Waals surface area contributed by atoms with Crippen molar-refractivity contribution in [3.05, 3.63) is 67.4 Å². The smallest absolute Gasteiger partial charge is 0.253 e. The summed E-state index contributed by atoms with van der Waals surface area (Å²) < 4.78 is 0. The Hall–Kier alpha value is -2.97. The fourth-order valence-corrected chi connectivity index (χ4v) is 6.01. The van der Waals surface area contributed by atoms with Gasteiger partial charge in [0.25, 0.3) is 11.5 Å². The zero-order valence-corrected chi connectivity index (χ0v) is 23.6. The molecule has 3 N–H and O–H groups in total. The molecule has 1 atom stereocenters. The van der Waals surface area contributed by atoms with Gasteiger partial charge in [0.05, 0.1) is 11.2 Å². The Bertz CT molecular complexity index is 1290. The van der Waals surface area contributed by atoms with Gasteiger partial charge in [-0.3, -0.25) is 9.59 Å². The Balaban J connectivity index is 1.57. The van der Waals surface area contributed by atoms with Crippen LogP contribution in [0.4, 0.5) is 5.69 Å². The average Bonchev–Trinajstić information content (AvgIpc) is 3.39. The van der Waals surface area contributed by atoms with E-state index < -0.39 is 0 Å². The monoisotopic (exact) mass is 521 g/mol. The summed E-state index contributed by atoms with van der Waals surface area (Å²) in [5, 5.41) is 8.72. The molecule has 4 rings (SSSR count). The number of benzene rings is 1. The van der Waals surface area contributed by atoms with Gasteiger partial charge in [0, 0.05) is 52.1 Å². The van der Waals surface area contributed by atoms with E-state index in [-0.39, 0.29) is 24.1 Å². The van der Waals surface area contributed by atoms with Crippen molar-refractivity contribution in [2.24, 2.45) is 5.92 Å². The fraction of sp³-hybridized carbons (Fsp3) is 0.483. The van der Waals surface area contributed by atoms with Crippen LogP contribution in [0.1, 0.15) is 65.3 Å². The van der Waals surface area contributed by atoms with Crippen LogP contribution in [0.15, 0.2) is 33.9 Å². The lowest BCUT2D eigenvalue weighted by molar-refractivity contribution is 0.0950. The van der Waals surface area contributed by atoms with Crippen molar-refractivity contribution < 1.29 is 4.79 Å². The lowest BCUT2D eigenvalue weighted by Crippen LogP contribution is -2.36. The number of thiazole rings is 1. The van der Waals surface area contributed by atoms with Gasteiger partial charge >= 0.3 is 0 Å². The number of hydrogen-bond acceptors (Lipinski definition) is 6. The van der Waals surface area contributed by atoms with E-state index in [1.807, 2.05) is 38.3 Å². The summed E-state index contributed by atoms with van der Waals surface area (Å²) in [5.41, 5.74) is 8.12. The van der Waals surface area contributed by atoms with E-state index in [0.29, 0.717) is 23.1 Å². The molecule has 0 radical (unpaired) electrons. The molecule has 1 aliphatic carbocycles. The number of aromatic amines is 1. The molecule has 7 nitrogen and oxygen atoms in total. The van der Waals surface area contributed by atoms with Crippen molar-refractivity contribution in [3.8, 4) is 11.3 Å². The van der Waals surface area contributed by atoms with Crippen molar-refractivity contribution in [2.45, 2.75) is 72.0 Å². The number of anilines is 1. The summed E-state index contributed by atoms with van der Waals surface area (Å²) in [6, 6.07) is 6.89. The van der Waals surface area contributed by atoms with Crippen LogP contribution < -0.4 is 16.2 Å². The van der Waals surface area contributed by atoms with Gasteiger partial charge in [-0.25, -0.2) is 4.98 Å². The van der Waals surface area contributed by atoms with Crippen LogP contribution in [0.25, 0.3) is 11.3 Å². The number of H-pyrrole nitrogens is 1. The number of hydrogen-bond donors (Lipinski definition) is 3. The van der Waals surface area contributed by atoms with E-state index in [9.17, 15) is 9.59 Å². The van der Waals surface area contributed by atoms with Crippen molar-refractivity contribution in [1.29, 1.82) is 0 Å². The molecule has 1 fully saturated rings. The first-order chi connectivity index (χ1) is 17.6. The number of carbonyl (C=O) groups is 1. The Morgan fingerprint density at radius 1 is 1.16 bits per heavy atom. The molecule has 1 amide bonds. The molecule has 0 aliphatic heterocycles. The van der Waals surface area contributed by atoms with E-state index >= 15 is 0 Å². The molecule has 1 saturated carbocycles. The second-order valence-corrected chi connectivity index (χ2v) is 11.4. The Kier molecular flexibility index (Phi) is 8.49. The maximum atomic E-state index is 13.4. The van der Waals surface area contributed by atoms with Crippen molar-refractivity contribution in [1.82, 2.24) is 20.2 Å². The quantitative estimate of drug-likeness (QED) is 0.376. The summed E-state index contributed by atoms with van der Waals surface area (Å²) in [6.45, 7) is 8.17. The Morgan fingerprint density at radius 3 is 2.51 bits per heavy atom. The molecule has 3 aromatic rings. The summed E-state index contributed by atoms with van der Waals surface area (Å²) in [5.74, 6) is 0.392. The molecule has 2 aromatic heterocycles. The first kappa shape index (κ1) is 27.1. The fourth-order valence-electron chi connectivity index (χ4n) is 5.45. The van der Waals surface area contributed by atoms with Crippen LogP contribution in [0, 0.1) is 26.7 Å². The lowest BCUT2D eigenvalue weighted by atomic mass is 9.81. The number of rotatable bonds is 8. The minimum atomic E-state index is -0.198. The van der Waals surface area contributed by atoms with Gasteiger partial charge in [0.1, 0.15) is 0 Å². The minimum absolute atomic E-state index is 0.161. The maximum absolute atomic E-state index is 13.4. The predicted octanol–water partition coefficient (Wildman–Crippen LogP) is 5.27. The highest BCUT2D eigenvalue weighted by atomic mass is 32.1. The van der Waals surface area contributed by atoms with E-state index in [2.05, 4.69) is 52.6 Å². The summed E-state index contributed by atoms with van der Waals surface area (Å²) in [4.78, 5) is 35.5. The second-order valence-electron chi connectivity index (χ2n) is 10.7. The third-order valence-corrected chi connectivity index (χ3v) is 8.45. The second kappa shape index (κ2) is 11.6. The van der Waals surface area contributed by atoms with E-state index in [1.165, 1.54) is 37.0 Å². The van der Waals surface area contributed by atoms with Crippen molar-refractivity contribution >= 4 is 22.9 Å². The third-order valence-electron chi connectivity index (χ3n) is 7.86. The third kappa shape index (κ3) is 6.30. The minimum Gasteiger partial charge on any atom is -0.382 e. The molecule has 8 heteroatoms. The van der Waals surface area contributed by atoms with Crippen LogP contribution >= 0.6 is 11.3 Å². The van der Waals surface area contributed by atoms with Crippen molar-refractivity contribution in [2.75, 3.05) is 19.4 Å². The van der Waals surface area contributed by atoms with Gasteiger partial charge < -0.3 is 20.5 Å². The number of carbonyl (C=O) groups excluding carboxylic acids is 1. The molecule has 198 valence electrons. The van der Waals surface area contributed by atoms with Gasteiger partial charge in [-0.1, -0.05) is 0 Å². The van der Waals surface area contributed by atoms with Gasteiger partial charge in [0.2, 0.25) is 0 Å². The topological polar surface area (TPSA) is 90.1 Å². The number of pyridine rings is 1. The molecule has 0 spiro atoms. The maximum Gasteiger partial charge on any atom is 0.253 e. The highest BCUT2D eigenvalue weighted by Gasteiger charge is 2.27. The van der Waals surface area contributed by atoms with Crippen LogP contribution in [0.5, 0.6) is 0 Å². The predicted molar refractivity (Wildman–Crippen MR) is 153 cm³/mol. The normalized spacial score (nSPS) is 18.6. The highest BCUT2D eigenvalue weighted by molar-refractivity contribution is 7.07. The zero-order valence-electron chi connectivity index (χ0n) is 22.8. The number of amides is 1. The lowest BCUT2D eigenvalue weighted by Gasteiger charge is -2.36.